The Labute approximate surface area is 118 Å². The van der Waals surface area contributed by atoms with E-state index in [9.17, 15) is 9.59 Å². The van der Waals surface area contributed by atoms with Crippen LogP contribution >= 0.6 is 0 Å². The minimum atomic E-state index is -0.738. The van der Waals surface area contributed by atoms with Crippen molar-refractivity contribution in [1.29, 1.82) is 0 Å². The number of piperidine rings is 1. The molecule has 1 fully saturated rings. The van der Waals surface area contributed by atoms with Crippen molar-refractivity contribution in [3.05, 3.63) is 35.4 Å². The minimum Gasteiger partial charge on any atom is -0.481 e. The third-order valence-electron chi connectivity index (χ3n) is 4.66. The van der Waals surface area contributed by atoms with Crippen LogP contribution in [0.1, 0.15) is 36.8 Å². The fourth-order valence-corrected chi connectivity index (χ4v) is 3.40. The lowest BCUT2D eigenvalue weighted by atomic mass is 9.76. The summed E-state index contributed by atoms with van der Waals surface area (Å²) in [5.41, 5.74) is 2.41. The van der Waals surface area contributed by atoms with E-state index < -0.39 is 5.97 Å². The van der Waals surface area contributed by atoms with Crippen LogP contribution in [0.15, 0.2) is 24.3 Å². The molecule has 106 valence electrons. The van der Waals surface area contributed by atoms with E-state index in [0.717, 1.165) is 12.0 Å². The molecular formula is C16H19NO3. The minimum absolute atomic E-state index is 0.0185. The lowest BCUT2D eigenvalue weighted by Gasteiger charge is -2.40. The second-order valence-corrected chi connectivity index (χ2v) is 5.90. The fraction of sp³-hybridized carbons (Fsp3) is 0.500. The first-order valence-corrected chi connectivity index (χ1v) is 7.19. The van der Waals surface area contributed by atoms with Crippen LogP contribution in [0.4, 0.5) is 0 Å². The Balaban J connectivity index is 1.69. The summed E-state index contributed by atoms with van der Waals surface area (Å²) >= 11 is 0. The molecule has 1 aliphatic carbocycles. The molecule has 0 aromatic heterocycles. The van der Waals surface area contributed by atoms with E-state index in [1.165, 1.54) is 5.56 Å². The number of carbonyl (C=O) groups excluding carboxylic acids is 1. The molecule has 1 heterocycles. The molecule has 1 N–H and O–H groups in total. The van der Waals surface area contributed by atoms with E-state index in [-0.39, 0.29) is 23.8 Å². The molecule has 2 aliphatic rings. The smallest absolute Gasteiger partial charge is 0.306 e. The first-order chi connectivity index (χ1) is 9.58. The molecule has 0 radical (unpaired) electrons. The Hall–Kier alpha value is -1.84. The zero-order chi connectivity index (χ0) is 14.3. The zero-order valence-corrected chi connectivity index (χ0v) is 11.6. The maximum atomic E-state index is 12.6. The van der Waals surface area contributed by atoms with E-state index in [4.69, 9.17) is 5.11 Å². The largest absolute Gasteiger partial charge is 0.481 e. The van der Waals surface area contributed by atoms with Gasteiger partial charge in [0, 0.05) is 12.6 Å². The first-order valence-electron chi connectivity index (χ1n) is 7.19. The van der Waals surface area contributed by atoms with Gasteiger partial charge in [0.2, 0.25) is 5.91 Å². The fourth-order valence-electron chi connectivity index (χ4n) is 3.40. The zero-order valence-electron chi connectivity index (χ0n) is 11.6. The summed E-state index contributed by atoms with van der Waals surface area (Å²) in [4.78, 5) is 25.5. The van der Waals surface area contributed by atoms with Crippen LogP contribution in [0.2, 0.25) is 0 Å². The Morgan fingerprint density at radius 3 is 2.70 bits per heavy atom. The molecule has 1 saturated heterocycles. The van der Waals surface area contributed by atoms with E-state index in [1.54, 1.807) is 0 Å². The number of carboxylic acids is 1. The average molecular weight is 273 g/mol. The number of rotatable bonds is 2. The van der Waals surface area contributed by atoms with E-state index in [0.29, 0.717) is 19.4 Å². The number of fused-ring (bicyclic) bond motifs is 1. The Bertz CT molecular complexity index is 554. The molecule has 3 unspecified atom stereocenters. The lowest BCUT2D eigenvalue weighted by molar-refractivity contribution is -0.148. The highest BCUT2D eigenvalue weighted by atomic mass is 16.4. The Morgan fingerprint density at radius 1 is 1.30 bits per heavy atom. The summed E-state index contributed by atoms with van der Waals surface area (Å²) in [7, 11) is 0. The van der Waals surface area contributed by atoms with Crippen LogP contribution in [-0.4, -0.2) is 34.5 Å². The van der Waals surface area contributed by atoms with Gasteiger partial charge in [-0.25, -0.2) is 0 Å². The van der Waals surface area contributed by atoms with Crippen molar-refractivity contribution in [2.24, 2.45) is 5.92 Å². The lowest BCUT2D eigenvalue weighted by Crippen LogP contribution is -2.49. The van der Waals surface area contributed by atoms with Gasteiger partial charge in [-0.1, -0.05) is 24.3 Å². The van der Waals surface area contributed by atoms with Crippen LogP contribution < -0.4 is 0 Å². The van der Waals surface area contributed by atoms with Crippen molar-refractivity contribution in [2.45, 2.75) is 38.1 Å². The molecular weight excluding hydrogens is 254 g/mol. The topological polar surface area (TPSA) is 57.6 Å². The van der Waals surface area contributed by atoms with Gasteiger partial charge in [0.05, 0.1) is 11.8 Å². The quantitative estimate of drug-likeness (QED) is 0.897. The molecule has 1 aliphatic heterocycles. The molecule has 0 bridgehead atoms. The number of likely N-dealkylation sites (tertiary alicyclic amines) is 1. The second-order valence-electron chi connectivity index (χ2n) is 5.90. The van der Waals surface area contributed by atoms with Gasteiger partial charge in [-0.3, -0.25) is 9.59 Å². The van der Waals surface area contributed by atoms with Crippen molar-refractivity contribution in [3.63, 3.8) is 0 Å². The second kappa shape index (κ2) is 4.93. The highest BCUT2D eigenvalue weighted by Crippen LogP contribution is 2.37. The molecule has 0 saturated carbocycles. The molecule has 4 heteroatoms. The van der Waals surface area contributed by atoms with E-state index >= 15 is 0 Å². The van der Waals surface area contributed by atoms with Crippen molar-refractivity contribution < 1.29 is 14.7 Å². The summed E-state index contributed by atoms with van der Waals surface area (Å²) < 4.78 is 0. The standard InChI is InChI=1S/C16H19NO3/c1-10-8-12(16(19)20)6-7-17(10)15(18)14-9-11-4-2-3-5-13(11)14/h2-5,10,12,14H,6-9H2,1H3,(H,19,20). The van der Waals surface area contributed by atoms with Crippen LogP contribution in [0, 0.1) is 5.92 Å². The SMILES string of the molecule is CC1CC(C(=O)O)CCN1C(=O)C1Cc2ccccc21. The summed E-state index contributed by atoms with van der Waals surface area (Å²) in [6.45, 7) is 2.52. The highest BCUT2D eigenvalue weighted by molar-refractivity contribution is 5.87. The molecule has 1 amide bonds. The molecule has 1 aromatic carbocycles. The number of nitrogens with zero attached hydrogens (tertiary/aromatic N) is 1. The monoisotopic (exact) mass is 273 g/mol. The number of aliphatic carboxylic acids is 1. The summed E-state index contributed by atoms with van der Waals surface area (Å²) in [6, 6.07) is 8.08. The number of amides is 1. The summed E-state index contributed by atoms with van der Waals surface area (Å²) in [6.07, 6.45) is 1.95. The van der Waals surface area contributed by atoms with Crippen molar-refractivity contribution in [3.8, 4) is 0 Å². The van der Waals surface area contributed by atoms with Gasteiger partial charge in [-0.2, -0.15) is 0 Å². The van der Waals surface area contributed by atoms with Crippen LogP contribution in [-0.2, 0) is 16.0 Å². The number of carboxylic acid groups (broad SMARTS) is 1. The Kier molecular flexibility index (Phi) is 3.24. The number of benzene rings is 1. The number of carbonyl (C=O) groups is 2. The Morgan fingerprint density at radius 2 is 2.05 bits per heavy atom. The van der Waals surface area contributed by atoms with Crippen molar-refractivity contribution in [2.75, 3.05) is 6.54 Å². The molecule has 4 nitrogen and oxygen atoms in total. The van der Waals surface area contributed by atoms with Gasteiger partial charge in [-0.05, 0) is 37.3 Å². The number of hydrogen-bond acceptors (Lipinski definition) is 2. The summed E-state index contributed by atoms with van der Waals surface area (Å²) in [5, 5.41) is 9.07. The third-order valence-corrected chi connectivity index (χ3v) is 4.66. The van der Waals surface area contributed by atoms with Gasteiger partial charge < -0.3 is 10.0 Å². The molecule has 3 rings (SSSR count). The average Bonchev–Trinajstić information content (AvgIpc) is 2.39. The molecule has 20 heavy (non-hydrogen) atoms. The normalized spacial score (nSPS) is 28.4. The molecule has 0 spiro atoms. The maximum Gasteiger partial charge on any atom is 0.306 e. The van der Waals surface area contributed by atoms with Crippen LogP contribution in [0.5, 0.6) is 0 Å². The van der Waals surface area contributed by atoms with Gasteiger partial charge in [0.15, 0.2) is 0 Å². The number of hydrogen-bond donors (Lipinski definition) is 1. The maximum absolute atomic E-state index is 12.6. The van der Waals surface area contributed by atoms with Crippen molar-refractivity contribution >= 4 is 11.9 Å². The first kappa shape index (κ1) is 13.2. The van der Waals surface area contributed by atoms with Crippen molar-refractivity contribution in [1.82, 2.24) is 4.90 Å². The highest BCUT2D eigenvalue weighted by Gasteiger charge is 2.39. The van der Waals surface area contributed by atoms with Gasteiger partial charge >= 0.3 is 5.97 Å². The molecule has 1 aromatic rings. The van der Waals surface area contributed by atoms with Gasteiger partial charge in [-0.15, -0.1) is 0 Å². The predicted molar refractivity (Wildman–Crippen MR) is 74.4 cm³/mol. The third kappa shape index (κ3) is 2.09. The van der Waals surface area contributed by atoms with Crippen LogP contribution in [0.3, 0.4) is 0 Å². The molecule has 3 atom stereocenters. The van der Waals surface area contributed by atoms with E-state index in [1.807, 2.05) is 30.0 Å². The van der Waals surface area contributed by atoms with Crippen LogP contribution in [0.25, 0.3) is 0 Å². The summed E-state index contributed by atoms with van der Waals surface area (Å²) in [5.74, 6) is -0.893. The van der Waals surface area contributed by atoms with Gasteiger partial charge in [0.1, 0.15) is 0 Å². The van der Waals surface area contributed by atoms with Gasteiger partial charge in [0.25, 0.3) is 0 Å². The van der Waals surface area contributed by atoms with E-state index in [2.05, 4.69) is 6.07 Å². The predicted octanol–water partition coefficient (Wildman–Crippen LogP) is 2.04.